The third kappa shape index (κ3) is 4.22. The number of benzene rings is 1. The van der Waals surface area contributed by atoms with Crippen molar-refractivity contribution < 1.29 is 4.74 Å². The minimum absolute atomic E-state index is 0.460. The van der Waals surface area contributed by atoms with Crippen molar-refractivity contribution >= 4 is 27.5 Å². The van der Waals surface area contributed by atoms with Gasteiger partial charge < -0.3 is 4.74 Å². The highest BCUT2D eigenvalue weighted by atomic mass is 79.9. The fourth-order valence-corrected chi connectivity index (χ4v) is 3.16. The van der Waals surface area contributed by atoms with Crippen LogP contribution in [0.25, 0.3) is 0 Å². The Morgan fingerprint density at radius 1 is 1.32 bits per heavy atom. The molecule has 0 N–H and O–H groups in total. The van der Waals surface area contributed by atoms with E-state index >= 15 is 0 Å². The molecule has 3 nitrogen and oxygen atoms in total. The van der Waals surface area contributed by atoms with E-state index in [0.717, 1.165) is 36.5 Å². The zero-order chi connectivity index (χ0) is 15.4. The van der Waals surface area contributed by atoms with Gasteiger partial charge in [-0.15, -0.1) is 0 Å². The predicted molar refractivity (Wildman–Crippen MR) is 92.3 cm³/mol. The quantitative estimate of drug-likeness (QED) is 0.718. The summed E-state index contributed by atoms with van der Waals surface area (Å²) in [5, 5.41) is 0.460. The van der Waals surface area contributed by atoms with Crippen LogP contribution in [0.2, 0.25) is 5.15 Å². The summed E-state index contributed by atoms with van der Waals surface area (Å²) in [5.74, 6) is 1.33. The van der Waals surface area contributed by atoms with Crippen LogP contribution in [-0.4, -0.2) is 29.6 Å². The Morgan fingerprint density at radius 3 is 2.91 bits per heavy atom. The van der Waals surface area contributed by atoms with Gasteiger partial charge in [-0.1, -0.05) is 41.9 Å². The highest BCUT2D eigenvalue weighted by Crippen LogP contribution is 2.25. The van der Waals surface area contributed by atoms with Crippen LogP contribution in [0.4, 0.5) is 0 Å². The zero-order valence-electron chi connectivity index (χ0n) is 12.2. The molecule has 0 amide bonds. The molecule has 1 aromatic carbocycles. The summed E-state index contributed by atoms with van der Waals surface area (Å²) < 4.78 is 6.61. The molecule has 22 heavy (non-hydrogen) atoms. The molecule has 0 saturated carbocycles. The predicted octanol–water partition coefficient (Wildman–Crippen LogP) is 4.40. The highest BCUT2D eigenvalue weighted by Gasteiger charge is 2.23. The summed E-state index contributed by atoms with van der Waals surface area (Å²) in [4.78, 5) is 6.56. The summed E-state index contributed by atoms with van der Waals surface area (Å²) in [7, 11) is 0. The van der Waals surface area contributed by atoms with Crippen LogP contribution < -0.4 is 4.74 Å². The second-order valence-corrected chi connectivity index (χ2v) is 6.84. The molecule has 1 aliphatic heterocycles. The second kappa shape index (κ2) is 7.44. The molecule has 1 aliphatic rings. The van der Waals surface area contributed by atoms with E-state index in [9.17, 15) is 0 Å². The van der Waals surface area contributed by atoms with Crippen molar-refractivity contribution in [1.82, 2.24) is 9.88 Å². The molecule has 1 saturated heterocycles. The molecule has 1 atom stereocenters. The number of rotatable bonds is 5. The molecule has 116 valence electrons. The summed E-state index contributed by atoms with van der Waals surface area (Å²) in [6.07, 6.45) is 2.85. The average molecular weight is 382 g/mol. The van der Waals surface area contributed by atoms with Gasteiger partial charge in [-0.3, -0.25) is 4.90 Å². The maximum absolute atomic E-state index is 5.88. The van der Waals surface area contributed by atoms with Gasteiger partial charge in [0.05, 0.1) is 17.3 Å². The molecule has 0 spiro atoms. The van der Waals surface area contributed by atoms with Crippen LogP contribution in [0.1, 0.15) is 12.0 Å². The van der Waals surface area contributed by atoms with Gasteiger partial charge in [-0.05, 0) is 40.5 Å². The van der Waals surface area contributed by atoms with Crippen molar-refractivity contribution in [3.63, 3.8) is 0 Å². The molecule has 5 heteroatoms. The maximum Gasteiger partial charge on any atom is 0.143 e. The number of aromatic nitrogens is 1. The maximum atomic E-state index is 5.88. The van der Waals surface area contributed by atoms with E-state index in [2.05, 4.69) is 56.1 Å². The largest absolute Gasteiger partial charge is 0.492 e. The smallest absolute Gasteiger partial charge is 0.143 e. The van der Waals surface area contributed by atoms with E-state index in [4.69, 9.17) is 16.3 Å². The molecule has 2 heterocycles. The van der Waals surface area contributed by atoms with Crippen LogP contribution in [0.3, 0.4) is 0 Å². The lowest BCUT2D eigenvalue weighted by Gasteiger charge is -2.16. The Labute approximate surface area is 144 Å². The van der Waals surface area contributed by atoms with Gasteiger partial charge >= 0.3 is 0 Å². The first-order chi connectivity index (χ1) is 10.7. The Bertz CT molecular complexity index is 623. The van der Waals surface area contributed by atoms with Crippen molar-refractivity contribution in [2.45, 2.75) is 13.0 Å². The van der Waals surface area contributed by atoms with Gasteiger partial charge in [-0.2, -0.15) is 0 Å². The van der Waals surface area contributed by atoms with Gasteiger partial charge in [0.25, 0.3) is 0 Å². The number of likely N-dealkylation sites (tertiary alicyclic amines) is 1. The van der Waals surface area contributed by atoms with E-state index in [1.807, 2.05) is 6.07 Å². The summed E-state index contributed by atoms with van der Waals surface area (Å²) in [6, 6.07) is 12.5. The number of halogens is 2. The molecule has 1 fully saturated rings. The second-order valence-electron chi connectivity index (χ2n) is 5.63. The van der Waals surface area contributed by atoms with Crippen molar-refractivity contribution in [3.8, 4) is 5.75 Å². The van der Waals surface area contributed by atoms with Crippen molar-refractivity contribution in [3.05, 3.63) is 57.8 Å². The van der Waals surface area contributed by atoms with Crippen LogP contribution in [0.15, 0.2) is 47.1 Å². The lowest BCUT2D eigenvalue weighted by Crippen LogP contribution is -2.22. The third-order valence-electron chi connectivity index (χ3n) is 3.88. The Hall–Kier alpha value is -1.10. The first-order valence-corrected chi connectivity index (χ1v) is 8.58. The molecule has 0 aliphatic carbocycles. The van der Waals surface area contributed by atoms with Gasteiger partial charge in [0.15, 0.2) is 0 Å². The Morgan fingerprint density at radius 2 is 2.14 bits per heavy atom. The summed E-state index contributed by atoms with van der Waals surface area (Å²) in [6.45, 7) is 3.95. The fraction of sp³-hybridized carbons (Fsp3) is 0.353. The van der Waals surface area contributed by atoms with Crippen LogP contribution in [0.5, 0.6) is 5.75 Å². The summed E-state index contributed by atoms with van der Waals surface area (Å²) in [5.41, 5.74) is 1.37. The minimum Gasteiger partial charge on any atom is -0.492 e. The first-order valence-electron chi connectivity index (χ1n) is 7.41. The number of nitrogens with zero attached hydrogens (tertiary/aromatic N) is 2. The molecule has 2 aromatic rings. The van der Waals surface area contributed by atoms with Crippen LogP contribution >= 0.6 is 27.5 Å². The number of pyridine rings is 1. The van der Waals surface area contributed by atoms with Crippen molar-refractivity contribution in [2.24, 2.45) is 5.92 Å². The summed E-state index contributed by atoms with van der Waals surface area (Å²) >= 11 is 9.25. The average Bonchev–Trinajstić information content (AvgIpc) is 2.97. The van der Waals surface area contributed by atoms with E-state index in [1.165, 1.54) is 12.0 Å². The molecular formula is C17H18BrClN2O. The third-order valence-corrected chi connectivity index (χ3v) is 5.01. The molecular weight excluding hydrogens is 364 g/mol. The van der Waals surface area contributed by atoms with Crippen molar-refractivity contribution in [1.29, 1.82) is 0 Å². The van der Waals surface area contributed by atoms with E-state index < -0.39 is 0 Å². The topological polar surface area (TPSA) is 25.4 Å². The molecule has 1 unspecified atom stereocenters. The van der Waals surface area contributed by atoms with E-state index in [-0.39, 0.29) is 0 Å². The Balaban J connectivity index is 1.47. The standard InChI is InChI=1S/C17H18BrClN2O/c18-16-8-15(9-20-17(16)19)22-12-14-6-7-21(11-14)10-13-4-2-1-3-5-13/h1-5,8-9,14H,6-7,10-12H2. The van der Waals surface area contributed by atoms with Gasteiger partial charge in [0.1, 0.15) is 10.9 Å². The van der Waals surface area contributed by atoms with Gasteiger partial charge in [-0.25, -0.2) is 4.98 Å². The highest BCUT2D eigenvalue weighted by molar-refractivity contribution is 9.10. The zero-order valence-corrected chi connectivity index (χ0v) is 14.6. The van der Waals surface area contributed by atoms with Crippen LogP contribution in [-0.2, 0) is 6.54 Å². The molecule has 0 bridgehead atoms. The molecule has 3 rings (SSSR count). The van der Waals surface area contributed by atoms with Crippen LogP contribution in [0, 0.1) is 5.92 Å². The SMILES string of the molecule is Clc1ncc(OCC2CCN(Cc3ccccc3)C2)cc1Br. The minimum atomic E-state index is 0.460. The van der Waals surface area contributed by atoms with E-state index in [1.54, 1.807) is 6.20 Å². The van der Waals surface area contributed by atoms with Gasteiger partial charge in [0, 0.05) is 19.0 Å². The fourth-order valence-electron chi connectivity index (χ4n) is 2.73. The van der Waals surface area contributed by atoms with E-state index in [0.29, 0.717) is 11.1 Å². The number of ether oxygens (including phenoxy) is 1. The molecule has 1 aromatic heterocycles. The van der Waals surface area contributed by atoms with Gasteiger partial charge in [0.2, 0.25) is 0 Å². The lowest BCUT2D eigenvalue weighted by molar-refractivity contribution is 0.238. The lowest BCUT2D eigenvalue weighted by atomic mass is 10.1. The number of hydrogen-bond acceptors (Lipinski definition) is 3. The number of hydrogen-bond donors (Lipinski definition) is 0. The first kappa shape index (κ1) is 15.8. The Kier molecular flexibility index (Phi) is 5.34. The van der Waals surface area contributed by atoms with Crippen molar-refractivity contribution in [2.75, 3.05) is 19.7 Å². The monoisotopic (exact) mass is 380 g/mol. The normalized spacial score (nSPS) is 18.5. The molecule has 0 radical (unpaired) electrons.